The van der Waals surface area contributed by atoms with Crippen LogP contribution < -0.4 is 10.5 Å². The quantitative estimate of drug-likeness (QED) is 0.606. The summed E-state index contributed by atoms with van der Waals surface area (Å²) in [7, 11) is 1.67. The van der Waals surface area contributed by atoms with Crippen LogP contribution in [0.15, 0.2) is 6.07 Å². The molecule has 0 spiro atoms. The van der Waals surface area contributed by atoms with Crippen LogP contribution in [0, 0.1) is 20.8 Å². The molecule has 0 saturated heterocycles. The molecule has 0 amide bonds. The van der Waals surface area contributed by atoms with E-state index in [1.165, 1.54) is 0 Å². The van der Waals surface area contributed by atoms with Gasteiger partial charge in [0, 0.05) is 0 Å². The van der Waals surface area contributed by atoms with Gasteiger partial charge in [0.25, 0.3) is 0 Å². The second kappa shape index (κ2) is 4.20. The van der Waals surface area contributed by atoms with Crippen LogP contribution in [-0.2, 0) is 0 Å². The van der Waals surface area contributed by atoms with Crippen molar-refractivity contribution in [3.63, 3.8) is 0 Å². The Bertz CT molecular complexity index is 348. The van der Waals surface area contributed by atoms with E-state index in [2.05, 4.69) is 0 Å². The summed E-state index contributed by atoms with van der Waals surface area (Å²) in [6.07, 6.45) is 0. The summed E-state index contributed by atoms with van der Waals surface area (Å²) in [5.74, 6) is 0.890. The summed E-state index contributed by atoms with van der Waals surface area (Å²) in [5.41, 5.74) is 9.55. The van der Waals surface area contributed by atoms with Gasteiger partial charge in [-0.2, -0.15) is 0 Å². The van der Waals surface area contributed by atoms with Crippen molar-refractivity contribution in [2.75, 3.05) is 7.11 Å². The number of ether oxygens (including phenoxy) is 1. The topological polar surface area (TPSA) is 35.2 Å². The molecule has 1 atom stereocenters. The third-order valence-corrected chi connectivity index (χ3v) is 2.82. The fourth-order valence-corrected chi connectivity index (χ4v) is 2.04. The molecule has 0 aliphatic rings. The lowest BCUT2D eigenvalue weighted by molar-refractivity contribution is 0.410. The molecule has 2 nitrogen and oxygen atoms in total. The summed E-state index contributed by atoms with van der Waals surface area (Å²) in [6, 6.07) is 1.97. The van der Waals surface area contributed by atoms with Crippen LogP contribution in [-0.4, -0.2) is 7.11 Å². The molecule has 2 N–H and O–H groups in total. The Morgan fingerprint density at radius 1 is 1.29 bits per heavy atom. The highest BCUT2D eigenvalue weighted by molar-refractivity contribution is 6.20. The van der Waals surface area contributed by atoms with Crippen LogP contribution in [0.25, 0.3) is 0 Å². The lowest BCUT2D eigenvalue weighted by Crippen LogP contribution is -2.08. The fraction of sp³-hybridized carbons (Fsp3) is 0.455. The standard InChI is InChI=1S/C11H16ClNO/c1-6-5-9(14-4)7(2)8(3)10(6)11(12)13/h5,11H,13H2,1-4H3. The Hall–Kier alpha value is -0.730. The smallest absolute Gasteiger partial charge is 0.122 e. The van der Waals surface area contributed by atoms with Crippen molar-refractivity contribution in [2.24, 2.45) is 5.73 Å². The number of rotatable bonds is 2. The monoisotopic (exact) mass is 213 g/mol. The van der Waals surface area contributed by atoms with Crippen molar-refractivity contribution < 1.29 is 4.74 Å². The van der Waals surface area contributed by atoms with E-state index in [4.69, 9.17) is 22.1 Å². The first-order chi connectivity index (χ1) is 6.49. The number of alkyl halides is 1. The van der Waals surface area contributed by atoms with Gasteiger partial charge in [-0.15, -0.1) is 11.6 Å². The summed E-state index contributed by atoms with van der Waals surface area (Å²) in [6.45, 7) is 6.02. The van der Waals surface area contributed by atoms with E-state index >= 15 is 0 Å². The van der Waals surface area contributed by atoms with E-state index in [1.807, 2.05) is 26.8 Å². The van der Waals surface area contributed by atoms with Gasteiger partial charge >= 0.3 is 0 Å². The van der Waals surface area contributed by atoms with Crippen molar-refractivity contribution in [3.8, 4) is 5.75 Å². The van der Waals surface area contributed by atoms with Crippen LogP contribution in [0.2, 0.25) is 0 Å². The SMILES string of the molecule is COc1cc(C)c(C(N)Cl)c(C)c1C. The first-order valence-corrected chi connectivity index (χ1v) is 4.97. The van der Waals surface area contributed by atoms with Gasteiger partial charge in [-0.05, 0) is 49.1 Å². The molecule has 78 valence electrons. The predicted octanol–water partition coefficient (Wildman–Crippen LogP) is 2.82. The van der Waals surface area contributed by atoms with E-state index in [0.29, 0.717) is 0 Å². The number of halogens is 1. The molecular weight excluding hydrogens is 198 g/mol. The maximum Gasteiger partial charge on any atom is 0.122 e. The second-order valence-corrected chi connectivity index (χ2v) is 3.93. The van der Waals surface area contributed by atoms with Gasteiger partial charge in [0.2, 0.25) is 0 Å². The van der Waals surface area contributed by atoms with Gasteiger partial charge < -0.3 is 10.5 Å². The lowest BCUT2D eigenvalue weighted by atomic mass is 9.97. The molecule has 1 aromatic carbocycles. The number of hydrogen-bond donors (Lipinski definition) is 1. The molecule has 0 bridgehead atoms. The third kappa shape index (κ3) is 1.86. The molecule has 1 unspecified atom stereocenters. The van der Waals surface area contributed by atoms with Crippen molar-refractivity contribution in [1.29, 1.82) is 0 Å². The van der Waals surface area contributed by atoms with E-state index in [-0.39, 0.29) is 0 Å². The normalized spacial score (nSPS) is 12.7. The highest BCUT2D eigenvalue weighted by Gasteiger charge is 2.14. The van der Waals surface area contributed by atoms with Gasteiger partial charge in [-0.1, -0.05) is 0 Å². The van der Waals surface area contributed by atoms with Crippen LogP contribution in [0.3, 0.4) is 0 Å². The maximum atomic E-state index is 5.92. The molecule has 0 fully saturated rings. The van der Waals surface area contributed by atoms with Gasteiger partial charge in [0.1, 0.15) is 11.3 Å². The van der Waals surface area contributed by atoms with E-state index in [0.717, 1.165) is 28.0 Å². The Balaban J connectivity index is 3.41. The Morgan fingerprint density at radius 3 is 2.29 bits per heavy atom. The van der Waals surface area contributed by atoms with Crippen LogP contribution in [0.5, 0.6) is 5.75 Å². The molecule has 0 saturated carbocycles. The van der Waals surface area contributed by atoms with Gasteiger partial charge in [0.15, 0.2) is 0 Å². The van der Waals surface area contributed by atoms with Gasteiger partial charge in [-0.3, -0.25) is 0 Å². The molecule has 0 heterocycles. The fourth-order valence-electron chi connectivity index (χ4n) is 1.70. The average molecular weight is 214 g/mol. The van der Waals surface area contributed by atoms with E-state index in [1.54, 1.807) is 7.11 Å². The summed E-state index contributed by atoms with van der Waals surface area (Å²) < 4.78 is 5.26. The summed E-state index contributed by atoms with van der Waals surface area (Å²) in [4.78, 5) is 0. The number of benzene rings is 1. The van der Waals surface area contributed by atoms with Crippen molar-refractivity contribution >= 4 is 11.6 Å². The molecule has 14 heavy (non-hydrogen) atoms. The molecular formula is C11H16ClNO. The molecule has 0 aromatic heterocycles. The van der Waals surface area contributed by atoms with E-state index < -0.39 is 5.50 Å². The Kier molecular flexibility index (Phi) is 3.40. The van der Waals surface area contributed by atoms with E-state index in [9.17, 15) is 0 Å². The van der Waals surface area contributed by atoms with Crippen LogP contribution >= 0.6 is 11.6 Å². The zero-order valence-electron chi connectivity index (χ0n) is 9.02. The second-order valence-electron chi connectivity index (χ2n) is 3.46. The molecule has 3 heteroatoms. The minimum absolute atomic E-state index is 0.445. The molecule has 0 aliphatic heterocycles. The molecule has 0 radical (unpaired) electrons. The summed E-state index contributed by atoms with van der Waals surface area (Å²) in [5, 5.41) is 0. The van der Waals surface area contributed by atoms with Crippen molar-refractivity contribution in [2.45, 2.75) is 26.3 Å². The predicted molar refractivity (Wildman–Crippen MR) is 60.0 cm³/mol. The zero-order chi connectivity index (χ0) is 10.9. The number of methoxy groups -OCH3 is 1. The highest BCUT2D eigenvalue weighted by Crippen LogP contribution is 2.31. The summed E-state index contributed by atoms with van der Waals surface area (Å²) >= 11 is 5.92. The minimum atomic E-state index is -0.445. The Labute approximate surface area is 90.0 Å². The maximum absolute atomic E-state index is 5.92. The first-order valence-electron chi connectivity index (χ1n) is 4.53. The lowest BCUT2D eigenvalue weighted by Gasteiger charge is -2.17. The minimum Gasteiger partial charge on any atom is -0.496 e. The Morgan fingerprint density at radius 2 is 1.86 bits per heavy atom. The zero-order valence-corrected chi connectivity index (χ0v) is 9.77. The largest absolute Gasteiger partial charge is 0.496 e. The third-order valence-electron chi connectivity index (χ3n) is 2.60. The van der Waals surface area contributed by atoms with Crippen LogP contribution in [0.1, 0.15) is 27.8 Å². The van der Waals surface area contributed by atoms with Gasteiger partial charge in [-0.25, -0.2) is 0 Å². The molecule has 1 aromatic rings. The van der Waals surface area contributed by atoms with Gasteiger partial charge in [0.05, 0.1) is 7.11 Å². The molecule has 1 rings (SSSR count). The number of nitrogens with two attached hydrogens (primary N) is 1. The van der Waals surface area contributed by atoms with Crippen LogP contribution in [0.4, 0.5) is 0 Å². The first kappa shape index (κ1) is 11.3. The number of aryl methyl sites for hydroxylation is 1. The van der Waals surface area contributed by atoms with Crippen molar-refractivity contribution in [3.05, 3.63) is 28.3 Å². The molecule has 0 aliphatic carbocycles. The van der Waals surface area contributed by atoms with Crippen molar-refractivity contribution in [1.82, 2.24) is 0 Å². The average Bonchev–Trinajstić information content (AvgIpc) is 2.10. The highest BCUT2D eigenvalue weighted by atomic mass is 35.5. The number of hydrogen-bond acceptors (Lipinski definition) is 2.